The first kappa shape index (κ1) is 15.8. The van der Waals surface area contributed by atoms with Crippen molar-refractivity contribution >= 4 is 35.1 Å². The Balaban J connectivity index is 2.70. The van der Waals surface area contributed by atoms with E-state index in [9.17, 15) is 9.59 Å². The van der Waals surface area contributed by atoms with Crippen LogP contribution in [0.1, 0.15) is 12.0 Å². The molecule has 1 aromatic rings. The lowest BCUT2D eigenvalue weighted by Gasteiger charge is -2.20. The van der Waals surface area contributed by atoms with E-state index in [1.807, 2.05) is 0 Å². The zero-order chi connectivity index (χ0) is 14.6. The molecule has 1 amide bonds. The number of carboxylic acids is 1. The van der Waals surface area contributed by atoms with Crippen molar-refractivity contribution in [2.45, 2.75) is 19.0 Å². The molecule has 7 heteroatoms. The van der Waals surface area contributed by atoms with Gasteiger partial charge in [-0.25, -0.2) is 0 Å². The van der Waals surface area contributed by atoms with Crippen LogP contribution in [0.3, 0.4) is 0 Å². The summed E-state index contributed by atoms with van der Waals surface area (Å²) in [4.78, 5) is 23.7. The van der Waals surface area contributed by atoms with Gasteiger partial charge in [0.1, 0.15) is 0 Å². The van der Waals surface area contributed by atoms with Crippen molar-refractivity contribution in [2.24, 2.45) is 5.73 Å². The first-order chi connectivity index (χ1) is 8.79. The number of amides is 1. The van der Waals surface area contributed by atoms with Crippen molar-refractivity contribution in [3.8, 4) is 0 Å². The highest BCUT2D eigenvalue weighted by atomic mass is 35.5. The van der Waals surface area contributed by atoms with Gasteiger partial charge < -0.3 is 15.7 Å². The highest BCUT2D eigenvalue weighted by Gasteiger charge is 2.20. The van der Waals surface area contributed by atoms with Crippen LogP contribution in [0, 0.1) is 0 Å². The molecule has 0 saturated carbocycles. The van der Waals surface area contributed by atoms with Gasteiger partial charge >= 0.3 is 5.97 Å². The number of carbonyl (C=O) groups is 2. The maximum atomic E-state index is 11.8. The number of rotatable bonds is 5. The molecule has 0 radical (unpaired) electrons. The fourth-order valence-electron chi connectivity index (χ4n) is 1.61. The van der Waals surface area contributed by atoms with E-state index in [2.05, 4.69) is 0 Å². The highest BCUT2D eigenvalue weighted by Crippen LogP contribution is 2.20. The minimum atomic E-state index is -1.11. The third kappa shape index (κ3) is 5.06. The van der Waals surface area contributed by atoms with Crippen LogP contribution in [-0.2, 0) is 16.1 Å². The Morgan fingerprint density at radius 2 is 1.84 bits per heavy atom. The van der Waals surface area contributed by atoms with Crippen LogP contribution >= 0.6 is 23.2 Å². The summed E-state index contributed by atoms with van der Waals surface area (Å²) in [6, 6.07) is 3.89. The van der Waals surface area contributed by atoms with Gasteiger partial charge in [0.2, 0.25) is 5.91 Å². The zero-order valence-electron chi connectivity index (χ0n) is 10.3. The number of nitrogens with two attached hydrogens (primary N) is 1. The lowest BCUT2D eigenvalue weighted by Crippen LogP contribution is -2.42. The molecule has 1 aromatic carbocycles. The molecule has 0 aliphatic heterocycles. The van der Waals surface area contributed by atoms with Crippen LogP contribution in [0.4, 0.5) is 0 Å². The molecule has 104 valence electrons. The van der Waals surface area contributed by atoms with Gasteiger partial charge in [-0.1, -0.05) is 23.2 Å². The largest absolute Gasteiger partial charge is 0.481 e. The van der Waals surface area contributed by atoms with Crippen LogP contribution < -0.4 is 5.73 Å². The van der Waals surface area contributed by atoms with Gasteiger partial charge in [-0.2, -0.15) is 0 Å². The van der Waals surface area contributed by atoms with Gasteiger partial charge in [0, 0.05) is 23.6 Å². The maximum absolute atomic E-state index is 11.8. The Morgan fingerprint density at radius 3 is 2.32 bits per heavy atom. The van der Waals surface area contributed by atoms with Crippen LogP contribution in [0.2, 0.25) is 10.0 Å². The van der Waals surface area contributed by atoms with Gasteiger partial charge in [0.15, 0.2) is 0 Å². The quantitative estimate of drug-likeness (QED) is 0.868. The molecule has 0 aromatic heterocycles. The Bertz CT molecular complexity index is 474. The minimum Gasteiger partial charge on any atom is -0.481 e. The fraction of sp³-hybridized carbons (Fsp3) is 0.333. The summed E-state index contributed by atoms with van der Waals surface area (Å²) in [6.45, 7) is 0.256. The highest BCUT2D eigenvalue weighted by molar-refractivity contribution is 6.34. The molecule has 0 bridgehead atoms. The third-order valence-corrected chi connectivity index (χ3v) is 2.87. The summed E-state index contributed by atoms with van der Waals surface area (Å²) in [5.41, 5.74) is 6.25. The number of benzene rings is 1. The molecule has 19 heavy (non-hydrogen) atoms. The lowest BCUT2D eigenvalue weighted by atomic mass is 10.1. The summed E-state index contributed by atoms with van der Waals surface area (Å²) in [5, 5.41) is 9.53. The third-order valence-electron chi connectivity index (χ3n) is 2.43. The number of carbonyl (C=O) groups excluding carboxylic acids is 1. The number of likely N-dealkylation sites (N-methyl/N-ethyl adjacent to an activating group) is 1. The summed E-state index contributed by atoms with van der Waals surface area (Å²) < 4.78 is 0. The second-order valence-electron chi connectivity index (χ2n) is 4.18. The number of halogens is 2. The first-order valence-electron chi connectivity index (χ1n) is 5.47. The van der Waals surface area contributed by atoms with Crippen molar-refractivity contribution in [2.75, 3.05) is 7.05 Å². The smallest absolute Gasteiger partial charge is 0.305 e. The summed E-state index contributed by atoms with van der Waals surface area (Å²) >= 11 is 11.7. The Hall–Kier alpha value is -1.30. The summed E-state index contributed by atoms with van der Waals surface area (Å²) in [6.07, 6.45) is -0.403. The molecule has 1 atom stereocenters. The SMILES string of the molecule is CN(Cc1cc(Cl)cc(Cl)c1)C(=O)C(N)CC(=O)O. The average molecular weight is 305 g/mol. The molecule has 0 aliphatic rings. The molecule has 0 saturated heterocycles. The molecule has 0 heterocycles. The van der Waals surface area contributed by atoms with E-state index in [1.54, 1.807) is 25.2 Å². The van der Waals surface area contributed by atoms with E-state index in [4.69, 9.17) is 34.0 Å². The van der Waals surface area contributed by atoms with E-state index < -0.39 is 24.3 Å². The standard InChI is InChI=1S/C12H14Cl2N2O3/c1-16(12(19)10(15)5-11(17)18)6-7-2-8(13)4-9(14)3-7/h2-4,10H,5-6,15H2,1H3,(H,17,18). The molecule has 3 N–H and O–H groups in total. The van der Waals surface area contributed by atoms with Gasteiger partial charge in [-0.3, -0.25) is 9.59 Å². The van der Waals surface area contributed by atoms with Gasteiger partial charge in [-0.15, -0.1) is 0 Å². The Kier molecular flexibility index (Phi) is 5.60. The number of nitrogens with zero attached hydrogens (tertiary/aromatic N) is 1. The topological polar surface area (TPSA) is 83.6 Å². The zero-order valence-corrected chi connectivity index (χ0v) is 11.8. The molecule has 0 spiro atoms. The number of hydrogen-bond donors (Lipinski definition) is 2. The monoisotopic (exact) mass is 304 g/mol. The molecule has 0 aliphatic carbocycles. The summed E-state index contributed by atoms with van der Waals surface area (Å²) in [7, 11) is 1.54. The normalized spacial score (nSPS) is 12.0. The van der Waals surface area contributed by atoms with Crippen LogP contribution in [0.5, 0.6) is 0 Å². The van der Waals surface area contributed by atoms with E-state index in [0.717, 1.165) is 5.56 Å². The number of carboxylic acid groups (broad SMARTS) is 1. The van der Waals surface area contributed by atoms with Crippen molar-refractivity contribution in [3.63, 3.8) is 0 Å². The number of aliphatic carboxylic acids is 1. The predicted octanol–water partition coefficient (Wildman–Crippen LogP) is 1.75. The molecule has 1 unspecified atom stereocenters. The molecule has 1 rings (SSSR count). The predicted molar refractivity (Wildman–Crippen MR) is 73.2 cm³/mol. The van der Waals surface area contributed by atoms with Crippen LogP contribution in [0.15, 0.2) is 18.2 Å². The van der Waals surface area contributed by atoms with E-state index in [0.29, 0.717) is 10.0 Å². The minimum absolute atomic E-state index is 0.256. The second kappa shape index (κ2) is 6.75. The van der Waals surface area contributed by atoms with E-state index in [1.165, 1.54) is 4.90 Å². The maximum Gasteiger partial charge on any atom is 0.305 e. The van der Waals surface area contributed by atoms with E-state index >= 15 is 0 Å². The molecular weight excluding hydrogens is 291 g/mol. The molecular formula is C12H14Cl2N2O3. The lowest BCUT2D eigenvalue weighted by molar-refractivity contribution is -0.141. The van der Waals surface area contributed by atoms with Gasteiger partial charge in [-0.05, 0) is 23.8 Å². The first-order valence-corrected chi connectivity index (χ1v) is 6.22. The Labute approximate surface area is 120 Å². The fourth-order valence-corrected chi connectivity index (χ4v) is 2.18. The van der Waals surface area contributed by atoms with Crippen LogP contribution in [0.25, 0.3) is 0 Å². The molecule has 0 fully saturated rings. The van der Waals surface area contributed by atoms with Gasteiger partial charge in [0.05, 0.1) is 12.5 Å². The van der Waals surface area contributed by atoms with Crippen molar-refractivity contribution in [3.05, 3.63) is 33.8 Å². The van der Waals surface area contributed by atoms with Gasteiger partial charge in [0.25, 0.3) is 0 Å². The molecule has 5 nitrogen and oxygen atoms in total. The average Bonchev–Trinajstić information content (AvgIpc) is 2.25. The van der Waals surface area contributed by atoms with Crippen molar-refractivity contribution in [1.82, 2.24) is 4.90 Å². The number of hydrogen-bond acceptors (Lipinski definition) is 3. The second-order valence-corrected chi connectivity index (χ2v) is 5.05. The Morgan fingerprint density at radius 1 is 1.32 bits per heavy atom. The summed E-state index contributed by atoms with van der Waals surface area (Å²) in [5.74, 6) is -1.56. The van der Waals surface area contributed by atoms with Crippen LogP contribution in [-0.4, -0.2) is 35.0 Å². The van der Waals surface area contributed by atoms with Crippen molar-refractivity contribution in [1.29, 1.82) is 0 Å². The van der Waals surface area contributed by atoms with E-state index in [-0.39, 0.29) is 6.54 Å². The van der Waals surface area contributed by atoms with Crippen molar-refractivity contribution < 1.29 is 14.7 Å².